The van der Waals surface area contributed by atoms with Crippen LogP contribution in [0.5, 0.6) is 0 Å². The van der Waals surface area contributed by atoms with Crippen LogP contribution in [-0.4, -0.2) is 30.7 Å². The van der Waals surface area contributed by atoms with Gasteiger partial charge in [0.05, 0.1) is 12.1 Å². The van der Waals surface area contributed by atoms with Gasteiger partial charge in [-0.05, 0) is 12.1 Å². The van der Waals surface area contributed by atoms with Crippen molar-refractivity contribution in [1.29, 1.82) is 0 Å². The van der Waals surface area contributed by atoms with Crippen molar-refractivity contribution in [1.82, 2.24) is 9.88 Å². The molecule has 0 saturated heterocycles. The molecule has 102 valence electrons. The van der Waals surface area contributed by atoms with Crippen LogP contribution in [0, 0.1) is 0 Å². The number of fused-ring (bicyclic) bond motifs is 1. The number of benzene rings is 1. The Morgan fingerprint density at radius 2 is 2.32 bits per heavy atom. The Morgan fingerprint density at radius 1 is 1.53 bits per heavy atom. The van der Waals surface area contributed by atoms with E-state index in [0.717, 1.165) is 0 Å². The van der Waals surface area contributed by atoms with Crippen LogP contribution < -0.4 is 16.8 Å². The number of carbonyl (C=O) groups is 1. The normalized spacial score (nSPS) is 10.8. The highest BCUT2D eigenvalue weighted by Crippen LogP contribution is 2.15. The third-order valence-corrected chi connectivity index (χ3v) is 2.62. The minimum atomic E-state index is -0.581. The van der Waals surface area contributed by atoms with Crippen molar-refractivity contribution in [3.05, 3.63) is 28.7 Å². The smallest absolute Gasteiger partial charge is 0.408 e. The monoisotopic (exact) mass is 265 g/mol. The number of nitrogens with two attached hydrogens (primary N) is 1. The first-order valence-corrected chi connectivity index (χ1v) is 5.76. The van der Waals surface area contributed by atoms with Crippen LogP contribution in [0.25, 0.3) is 11.1 Å². The Labute approximate surface area is 108 Å². The maximum Gasteiger partial charge on any atom is 0.420 e. The number of rotatable bonds is 5. The van der Waals surface area contributed by atoms with E-state index in [4.69, 9.17) is 14.9 Å². The molecule has 0 bridgehead atoms. The number of methoxy groups -OCH3 is 1. The van der Waals surface area contributed by atoms with Crippen LogP contribution in [0.3, 0.4) is 0 Å². The molecule has 3 N–H and O–H groups in total. The number of hydrogen-bond acceptors (Lipinski definition) is 5. The van der Waals surface area contributed by atoms with E-state index in [-0.39, 0.29) is 12.5 Å². The molecule has 1 aromatic heterocycles. The Hall–Kier alpha value is -2.28. The van der Waals surface area contributed by atoms with Crippen LogP contribution in [0.15, 0.2) is 27.4 Å². The zero-order valence-corrected chi connectivity index (χ0v) is 10.5. The summed E-state index contributed by atoms with van der Waals surface area (Å²) >= 11 is 0. The quantitative estimate of drug-likeness (QED) is 0.582. The molecule has 0 fully saturated rings. The molecule has 0 aliphatic rings. The molecule has 1 amide bonds. The number of aromatic nitrogens is 1. The second-order valence-electron chi connectivity index (χ2n) is 4.02. The number of carbonyl (C=O) groups excluding carboxylic acids is 1. The van der Waals surface area contributed by atoms with E-state index in [9.17, 15) is 9.59 Å². The second-order valence-corrected chi connectivity index (χ2v) is 4.02. The molecule has 2 aromatic rings. The molecular formula is C12H15N3O4. The average molecular weight is 265 g/mol. The van der Waals surface area contributed by atoms with Crippen LogP contribution in [-0.2, 0) is 16.1 Å². The highest BCUT2D eigenvalue weighted by Gasteiger charge is 2.12. The van der Waals surface area contributed by atoms with Gasteiger partial charge in [0, 0.05) is 25.4 Å². The highest BCUT2D eigenvalue weighted by molar-refractivity contribution is 5.81. The molecule has 7 nitrogen and oxygen atoms in total. The summed E-state index contributed by atoms with van der Waals surface area (Å²) in [5.41, 5.74) is 7.01. The van der Waals surface area contributed by atoms with Gasteiger partial charge in [-0.2, -0.15) is 0 Å². The third-order valence-electron chi connectivity index (χ3n) is 2.62. The topological polar surface area (TPSA) is 99.5 Å². The largest absolute Gasteiger partial charge is 0.420 e. The van der Waals surface area contributed by atoms with Gasteiger partial charge in [0.15, 0.2) is 5.58 Å². The predicted octanol–water partition coefficient (Wildman–Crippen LogP) is -0.0607. The van der Waals surface area contributed by atoms with Crippen molar-refractivity contribution in [2.45, 2.75) is 6.54 Å². The SMILES string of the molecule is COCCNC(=O)Cn1c(=O)oc2cc(N)ccc21. The summed E-state index contributed by atoms with van der Waals surface area (Å²) in [5.74, 6) is -0.860. The minimum Gasteiger partial charge on any atom is -0.408 e. The minimum absolute atomic E-state index is 0.0978. The summed E-state index contributed by atoms with van der Waals surface area (Å²) < 4.78 is 11.1. The molecule has 0 unspecified atom stereocenters. The average Bonchev–Trinajstić information content (AvgIpc) is 2.65. The van der Waals surface area contributed by atoms with E-state index in [0.29, 0.717) is 29.9 Å². The van der Waals surface area contributed by atoms with E-state index in [2.05, 4.69) is 5.32 Å². The number of anilines is 1. The number of oxazole rings is 1. The van der Waals surface area contributed by atoms with Gasteiger partial charge in [0.2, 0.25) is 5.91 Å². The summed E-state index contributed by atoms with van der Waals surface area (Å²) in [4.78, 5) is 23.3. The van der Waals surface area contributed by atoms with Crippen LogP contribution in [0.2, 0.25) is 0 Å². The summed E-state index contributed by atoms with van der Waals surface area (Å²) in [6, 6.07) is 4.85. The van der Waals surface area contributed by atoms with Gasteiger partial charge in [0.1, 0.15) is 6.54 Å². The summed E-state index contributed by atoms with van der Waals surface area (Å²) in [7, 11) is 1.55. The van der Waals surface area contributed by atoms with Gasteiger partial charge < -0.3 is 20.2 Å². The van der Waals surface area contributed by atoms with Crippen LogP contribution in [0.1, 0.15) is 0 Å². The molecule has 0 radical (unpaired) electrons. The number of nitrogens with zero attached hydrogens (tertiary/aromatic N) is 1. The van der Waals surface area contributed by atoms with Crippen molar-refractivity contribution in [3.8, 4) is 0 Å². The fourth-order valence-electron chi connectivity index (χ4n) is 1.72. The lowest BCUT2D eigenvalue weighted by atomic mass is 10.3. The van der Waals surface area contributed by atoms with Gasteiger partial charge in [0.25, 0.3) is 0 Å². The van der Waals surface area contributed by atoms with Gasteiger partial charge >= 0.3 is 5.76 Å². The molecule has 0 spiro atoms. The number of ether oxygens (including phenoxy) is 1. The third kappa shape index (κ3) is 2.94. The van der Waals surface area contributed by atoms with Gasteiger partial charge in [-0.25, -0.2) is 4.79 Å². The van der Waals surface area contributed by atoms with E-state index in [1.807, 2.05) is 0 Å². The van der Waals surface area contributed by atoms with E-state index < -0.39 is 5.76 Å². The van der Waals surface area contributed by atoms with Crippen molar-refractivity contribution in [2.24, 2.45) is 0 Å². The number of nitrogen functional groups attached to an aromatic ring is 1. The summed E-state index contributed by atoms with van der Waals surface area (Å²) in [5, 5.41) is 2.64. The standard InChI is InChI=1S/C12H15N3O4/c1-18-5-4-14-11(16)7-15-9-3-2-8(13)6-10(9)19-12(15)17/h2-3,6H,4-5,7,13H2,1H3,(H,14,16). The summed E-state index contributed by atoms with van der Waals surface area (Å²) in [6.45, 7) is 0.718. The van der Waals surface area contributed by atoms with Gasteiger partial charge in [-0.1, -0.05) is 0 Å². The Morgan fingerprint density at radius 3 is 3.05 bits per heavy atom. The molecule has 0 atom stereocenters. The van der Waals surface area contributed by atoms with Gasteiger partial charge in [-0.3, -0.25) is 9.36 Å². The Bertz CT molecular complexity index is 644. The molecule has 19 heavy (non-hydrogen) atoms. The number of nitrogens with one attached hydrogen (secondary N) is 1. The van der Waals surface area contributed by atoms with Crippen LogP contribution in [0.4, 0.5) is 5.69 Å². The Balaban J connectivity index is 2.18. The fraction of sp³-hybridized carbons (Fsp3) is 0.333. The van der Waals surface area contributed by atoms with Crippen molar-refractivity contribution in [2.75, 3.05) is 26.0 Å². The van der Waals surface area contributed by atoms with E-state index in [1.54, 1.807) is 25.3 Å². The molecular weight excluding hydrogens is 250 g/mol. The first kappa shape index (κ1) is 13.2. The lowest BCUT2D eigenvalue weighted by Crippen LogP contribution is -2.32. The molecule has 0 aliphatic heterocycles. The number of amides is 1. The predicted molar refractivity (Wildman–Crippen MR) is 69.8 cm³/mol. The molecule has 0 aliphatic carbocycles. The number of hydrogen-bond donors (Lipinski definition) is 2. The second kappa shape index (κ2) is 5.57. The lowest BCUT2D eigenvalue weighted by Gasteiger charge is -2.04. The van der Waals surface area contributed by atoms with Crippen LogP contribution >= 0.6 is 0 Å². The highest BCUT2D eigenvalue weighted by atomic mass is 16.5. The van der Waals surface area contributed by atoms with Crippen molar-refractivity contribution >= 4 is 22.7 Å². The maximum atomic E-state index is 11.7. The lowest BCUT2D eigenvalue weighted by molar-refractivity contribution is -0.121. The molecule has 1 heterocycles. The van der Waals surface area contributed by atoms with Crippen molar-refractivity contribution < 1.29 is 13.9 Å². The van der Waals surface area contributed by atoms with Crippen molar-refractivity contribution in [3.63, 3.8) is 0 Å². The first-order chi connectivity index (χ1) is 9.11. The maximum absolute atomic E-state index is 11.7. The van der Waals surface area contributed by atoms with E-state index >= 15 is 0 Å². The zero-order chi connectivity index (χ0) is 13.8. The molecule has 1 aromatic carbocycles. The Kier molecular flexibility index (Phi) is 3.86. The van der Waals surface area contributed by atoms with E-state index in [1.165, 1.54) is 4.57 Å². The first-order valence-electron chi connectivity index (χ1n) is 5.76. The molecule has 7 heteroatoms. The zero-order valence-electron chi connectivity index (χ0n) is 10.5. The summed E-state index contributed by atoms with van der Waals surface area (Å²) in [6.07, 6.45) is 0. The van der Waals surface area contributed by atoms with Gasteiger partial charge in [-0.15, -0.1) is 0 Å². The molecule has 0 saturated carbocycles. The fourth-order valence-corrected chi connectivity index (χ4v) is 1.72. The molecule has 2 rings (SSSR count).